The summed E-state index contributed by atoms with van der Waals surface area (Å²) in [5.41, 5.74) is 1.35. The van der Waals surface area contributed by atoms with Crippen molar-refractivity contribution in [1.29, 1.82) is 15.8 Å². The number of nitrogens with zero attached hydrogens (tertiary/aromatic N) is 3. The van der Waals surface area contributed by atoms with Crippen LogP contribution in [0.25, 0.3) is 5.57 Å². The second-order valence-corrected chi connectivity index (χ2v) is 3.26. The molecule has 1 N–H and O–H groups in total. The summed E-state index contributed by atoms with van der Waals surface area (Å²) in [7, 11) is 0. The average molecular weight is 223 g/mol. The van der Waals surface area contributed by atoms with Gasteiger partial charge in [0.25, 0.3) is 0 Å². The third-order valence-corrected chi connectivity index (χ3v) is 2.23. The summed E-state index contributed by atoms with van der Waals surface area (Å²) in [4.78, 5) is 0. The average Bonchev–Trinajstić information content (AvgIpc) is 2.37. The molecule has 1 rings (SSSR count). The minimum atomic E-state index is -0.192. The van der Waals surface area contributed by atoms with Crippen molar-refractivity contribution in [3.8, 4) is 18.2 Å². The van der Waals surface area contributed by atoms with Crippen molar-refractivity contribution in [1.82, 2.24) is 0 Å². The van der Waals surface area contributed by atoms with Gasteiger partial charge >= 0.3 is 0 Å². The van der Waals surface area contributed by atoms with E-state index in [0.717, 1.165) is 5.56 Å². The van der Waals surface area contributed by atoms with E-state index >= 15 is 0 Å². The molecular weight excluding hydrogens is 214 g/mol. The second kappa shape index (κ2) is 6.08. The van der Waals surface area contributed by atoms with Gasteiger partial charge in [0, 0.05) is 6.61 Å². The van der Waals surface area contributed by atoms with Crippen LogP contribution in [-0.2, 0) is 6.42 Å². The highest BCUT2D eigenvalue weighted by Crippen LogP contribution is 2.18. The molecule has 0 saturated heterocycles. The van der Waals surface area contributed by atoms with Gasteiger partial charge in [-0.05, 0) is 17.5 Å². The standard InChI is InChI=1S/C13H9N3O/c14-7-12(8-15)13(9-16)11-3-1-10(2-4-11)5-6-17/h1-4,17H,5-6H2. The predicted octanol–water partition coefficient (Wildman–Crippen LogP) is 1.55. The number of aliphatic hydroxyl groups is 1. The zero-order valence-corrected chi connectivity index (χ0v) is 9.01. The van der Waals surface area contributed by atoms with Crippen LogP contribution in [0.4, 0.5) is 0 Å². The third-order valence-electron chi connectivity index (χ3n) is 2.23. The van der Waals surface area contributed by atoms with E-state index in [2.05, 4.69) is 0 Å². The molecule has 0 radical (unpaired) electrons. The van der Waals surface area contributed by atoms with Gasteiger partial charge in [0.05, 0.1) is 5.57 Å². The van der Waals surface area contributed by atoms with Crippen LogP contribution in [-0.4, -0.2) is 11.7 Å². The predicted molar refractivity (Wildman–Crippen MR) is 61.0 cm³/mol. The molecular formula is C13H9N3O. The molecule has 0 spiro atoms. The molecule has 0 amide bonds. The van der Waals surface area contributed by atoms with Crippen molar-refractivity contribution < 1.29 is 5.11 Å². The molecule has 1 aromatic carbocycles. The van der Waals surface area contributed by atoms with Crippen molar-refractivity contribution in [2.24, 2.45) is 0 Å². The zero-order valence-electron chi connectivity index (χ0n) is 9.01. The molecule has 17 heavy (non-hydrogen) atoms. The van der Waals surface area contributed by atoms with Gasteiger partial charge in [0.1, 0.15) is 23.8 Å². The first-order valence-corrected chi connectivity index (χ1v) is 4.91. The van der Waals surface area contributed by atoms with Crippen LogP contribution in [0.2, 0.25) is 0 Å². The number of aliphatic hydroxyl groups excluding tert-OH is 1. The fraction of sp³-hybridized carbons (Fsp3) is 0.154. The molecule has 0 saturated carbocycles. The van der Waals surface area contributed by atoms with E-state index in [1.54, 1.807) is 36.4 Å². The Hall–Kier alpha value is -2.61. The lowest BCUT2D eigenvalue weighted by atomic mass is 10.0. The van der Waals surface area contributed by atoms with Crippen LogP contribution >= 0.6 is 0 Å². The zero-order chi connectivity index (χ0) is 12.7. The minimum Gasteiger partial charge on any atom is -0.396 e. The van der Waals surface area contributed by atoms with Crippen LogP contribution < -0.4 is 0 Å². The van der Waals surface area contributed by atoms with Crippen molar-refractivity contribution in [2.75, 3.05) is 6.61 Å². The van der Waals surface area contributed by atoms with E-state index in [0.29, 0.717) is 12.0 Å². The van der Waals surface area contributed by atoms with E-state index in [1.165, 1.54) is 0 Å². The number of benzene rings is 1. The first-order valence-electron chi connectivity index (χ1n) is 4.91. The maximum absolute atomic E-state index is 8.93. The maximum Gasteiger partial charge on any atom is 0.148 e. The van der Waals surface area contributed by atoms with Gasteiger partial charge in [0.15, 0.2) is 0 Å². The highest BCUT2D eigenvalue weighted by molar-refractivity contribution is 5.84. The first-order chi connectivity index (χ1) is 8.26. The second-order valence-electron chi connectivity index (χ2n) is 3.26. The highest BCUT2D eigenvalue weighted by Gasteiger charge is 2.08. The molecule has 0 unspecified atom stereocenters. The lowest BCUT2D eigenvalue weighted by Crippen LogP contribution is -1.92. The maximum atomic E-state index is 8.93. The fourth-order valence-electron chi connectivity index (χ4n) is 1.37. The summed E-state index contributed by atoms with van der Waals surface area (Å²) in [5, 5.41) is 35.1. The van der Waals surface area contributed by atoms with Gasteiger partial charge in [0.2, 0.25) is 0 Å². The summed E-state index contributed by atoms with van der Waals surface area (Å²) < 4.78 is 0. The van der Waals surface area contributed by atoms with Gasteiger partial charge in [-0.25, -0.2) is 0 Å². The van der Waals surface area contributed by atoms with Crippen molar-refractivity contribution in [2.45, 2.75) is 6.42 Å². The minimum absolute atomic E-state index is 0.0575. The first kappa shape index (κ1) is 12.5. The van der Waals surface area contributed by atoms with E-state index in [1.807, 2.05) is 6.07 Å². The van der Waals surface area contributed by atoms with Crippen molar-refractivity contribution in [3.05, 3.63) is 41.0 Å². The Morgan fingerprint density at radius 1 is 1.00 bits per heavy atom. The number of hydrogen-bond acceptors (Lipinski definition) is 4. The molecule has 0 aliphatic rings. The van der Waals surface area contributed by atoms with Gasteiger partial charge in [-0.3, -0.25) is 0 Å². The Kier molecular flexibility index (Phi) is 4.45. The SMILES string of the molecule is N#CC(C#N)=C(C#N)c1ccc(CCO)cc1. The summed E-state index contributed by atoms with van der Waals surface area (Å²) in [5.74, 6) is 0. The van der Waals surface area contributed by atoms with Crippen molar-refractivity contribution >= 4 is 5.57 Å². The smallest absolute Gasteiger partial charge is 0.148 e. The highest BCUT2D eigenvalue weighted by atomic mass is 16.2. The van der Waals surface area contributed by atoms with Gasteiger partial charge in [-0.15, -0.1) is 0 Å². The molecule has 0 fully saturated rings. The Morgan fingerprint density at radius 3 is 2.00 bits per heavy atom. The number of hydrogen-bond donors (Lipinski definition) is 1. The summed E-state index contributed by atoms with van der Waals surface area (Å²) >= 11 is 0. The molecule has 0 aliphatic carbocycles. The monoisotopic (exact) mass is 223 g/mol. The topological polar surface area (TPSA) is 91.6 Å². The third kappa shape index (κ3) is 2.92. The van der Waals surface area contributed by atoms with Crippen molar-refractivity contribution in [3.63, 3.8) is 0 Å². The summed E-state index contributed by atoms with van der Waals surface area (Å²) in [6.45, 7) is 0.0575. The number of allylic oxidation sites excluding steroid dienone is 2. The Balaban J connectivity index is 3.18. The lowest BCUT2D eigenvalue weighted by molar-refractivity contribution is 0.299. The lowest BCUT2D eigenvalue weighted by Gasteiger charge is -2.01. The molecule has 0 bridgehead atoms. The number of rotatable bonds is 3. The summed E-state index contributed by atoms with van der Waals surface area (Å²) in [6, 6.07) is 12.1. The van der Waals surface area contributed by atoms with E-state index in [9.17, 15) is 0 Å². The summed E-state index contributed by atoms with van der Waals surface area (Å²) in [6.07, 6.45) is 0.537. The van der Waals surface area contributed by atoms with Crippen LogP contribution in [0, 0.1) is 34.0 Å². The molecule has 0 aliphatic heterocycles. The quantitative estimate of drug-likeness (QED) is 0.787. The Morgan fingerprint density at radius 2 is 1.59 bits per heavy atom. The van der Waals surface area contributed by atoms with Crippen LogP contribution in [0.5, 0.6) is 0 Å². The van der Waals surface area contributed by atoms with Crippen LogP contribution in [0.3, 0.4) is 0 Å². The van der Waals surface area contributed by atoms with Gasteiger partial charge in [-0.1, -0.05) is 24.3 Å². The largest absolute Gasteiger partial charge is 0.396 e. The Bertz CT molecular complexity index is 534. The van der Waals surface area contributed by atoms with E-state index in [-0.39, 0.29) is 17.8 Å². The van der Waals surface area contributed by atoms with Gasteiger partial charge in [-0.2, -0.15) is 15.8 Å². The van der Waals surface area contributed by atoms with Crippen LogP contribution in [0.1, 0.15) is 11.1 Å². The fourth-order valence-corrected chi connectivity index (χ4v) is 1.37. The van der Waals surface area contributed by atoms with E-state index < -0.39 is 0 Å². The molecule has 4 heteroatoms. The molecule has 0 heterocycles. The van der Waals surface area contributed by atoms with Gasteiger partial charge < -0.3 is 5.11 Å². The molecule has 1 aromatic rings. The Labute approximate surface area is 99.3 Å². The van der Waals surface area contributed by atoms with E-state index in [4.69, 9.17) is 20.9 Å². The molecule has 0 atom stereocenters. The normalized spacial score (nSPS) is 8.59. The number of nitriles is 3. The molecule has 4 nitrogen and oxygen atoms in total. The molecule has 82 valence electrons. The molecule has 0 aromatic heterocycles. The van der Waals surface area contributed by atoms with Crippen LogP contribution in [0.15, 0.2) is 29.8 Å².